The number of piperidine rings is 1. The number of nitrogens with one attached hydrogen (secondary N) is 1. The Kier molecular flexibility index (Phi) is 4.68. The average molecular weight is 344 g/mol. The van der Waals surface area contributed by atoms with Gasteiger partial charge in [-0.05, 0) is 85.6 Å². The van der Waals surface area contributed by atoms with E-state index in [1.54, 1.807) is 0 Å². The molecule has 0 amide bonds. The van der Waals surface area contributed by atoms with Crippen molar-refractivity contribution in [1.29, 1.82) is 0 Å². The second-order valence-corrected chi connectivity index (χ2v) is 6.36. The summed E-state index contributed by atoms with van der Waals surface area (Å²) < 4.78 is 1.31. The first kappa shape index (κ1) is 13.1. The molecule has 1 aromatic carbocycles. The highest BCUT2D eigenvalue weighted by Crippen LogP contribution is 2.20. The fraction of sp³-hybridized carbons (Fsp3) is 0.571. The third kappa shape index (κ3) is 3.85. The van der Waals surface area contributed by atoms with E-state index in [0.29, 0.717) is 0 Å². The van der Waals surface area contributed by atoms with Gasteiger partial charge in [-0.2, -0.15) is 0 Å². The minimum Gasteiger partial charge on any atom is -0.385 e. The number of aryl methyl sites for hydroxylation is 1. The summed E-state index contributed by atoms with van der Waals surface area (Å²) in [7, 11) is 2.22. The van der Waals surface area contributed by atoms with Crippen molar-refractivity contribution < 1.29 is 0 Å². The van der Waals surface area contributed by atoms with E-state index < -0.39 is 0 Å². The summed E-state index contributed by atoms with van der Waals surface area (Å²) >= 11 is 2.36. The van der Waals surface area contributed by atoms with Crippen LogP contribution in [0.4, 0.5) is 5.69 Å². The Morgan fingerprint density at radius 3 is 3.00 bits per heavy atom. The van der Waals surface area contributed by atoms with Crippen molar-refractivity contribution in [2.45, 2.75) is 19.8 Å². The number of nitrogens with zero attached hydrogens (tertiary/aromatic N) is 1. The van der Waals surface area contributed by atoms with Gasteiger partial charge in [-0.1, -0.05) is 0 Å². The van der Waals surface area contributed by atoms with E-state index in [0.717, 1.165) is 12.5 Å². The highest BCUT2D eigenvalue weighted by molar-refractivity contribution is 14.1. The van der Waals surface area contributed by atoms with E-state index in [2.05, 4.69) is 65.0 Å². The van der Waals surface area contributed by atoms with Crippen LogP contribution < -0.4 is 5.32 Å². The molecule has 17 heavy (non-hydrogen) atoms. The Hall–Kier alpha value is -0.290. The van der Waals surface area contributed by atoms with E-state index in [1.807, 2.05) is 0 Å². The van der Waals surface area contributed by atoms with Crippen molar-refractivity contribution in [3.8, 4) is 0 Å². The molecule has 94 valence electrons. The number of rotatable bonds is 3. The van der Waals surface area contributed by atoms with Gasteiger partial charge in [0, 0.05) is 22.3 Å². The van der Waals surface area contributed by atoms with Crippen LogP contribution in [0.25, 0.3) is 0 Å². The van der Waals surface area contributed by atoms with Crippen molar-refractivity contribution >= 4 is 28.3 Å². The first-order valence-corrected chi connectivity index (χ1v) is 7.41. The zero-order valence-corrected chi connectivity index (χ0v) is 12.8. The topological polar surface area (TPSA) is 15.3 Å². The normalized spacial score (nSPS) is 21.5. The fourth-order valence-electron chi connectivity index (χ4n) is 2.52. The lowest BCUT2D eigenvalue weighted by Crippen LogP contribution is -2.35. The molecule has 0 saturated carbocycles. The number of halogens is 1. The summed E-state index contributed by atoms with van der Waals surface area (Å²) in [6.45, 7) is 5.78. The third-order valence-corrected chi connectivity index (χ3v) is 4.16. The van der Waals surface area contributed by atoms with Crippen LogP contribution in [0.3, 0.4) is 0 Å². The maximum atomic E-state index is 3.60. The van der Waals surface area contributed by atoms with E-state index in [4.69, 9.17) is 0 Å². The van der Waals surface area contributed by atoms with Crippen molar-refractivity contribution in [3.05, 3.63) is 27.3 Å². The van der Waals surface area contributed by atoms with Gasteiger partial charge in [-0.3, -0.25) is 0 Å². The molecule has 1 heterocycles. The highest BCUT2D eigenvalue weighted by atomic mass is 127. The maximum Gasteiger partial charge on any atom is 0.0370 e. The summed E-state index contributed by atoms with van der Waals surface area (Å²) in [6.07, 6.45) is 2.70. The number of anilines is 1. The second kappa shape index (κ2) is 6.05. The van der Waals surface area contributed by atoms with Crippen LogP contribution >= 0.6 is 22.6 Å². The van der Waals surface area contributed by atoms with Crippen LogP contribution in [0.5, 0.6) is 0 Å². The van der Waals surface area contributed by atoms with Crippen LogP contribution in [0.15, 0.2) is 18.2 Å². The molecule has 1 aliphatic rings. The predicted octanol–water partition coefficient (Wildman–Crippen LogP) is 3.35. The minimum atomic E-state index is 0.799. The monoisotopic (exact) mass is 344 g/mol. The SMILES string of the molecule is Cc1cc(I)ccc1NCC1CCCN(C)C1. The van der Waals surface area contributed by atoms with Crippen molar-refractivity contribution in [1.82, 2.24) is 4.90 Å². The van der Waals surface area contributed by atoms with Crippen LogP contribution in [-0.2, 0) is 0 Å². The molecule has 1 aliphatic heterocycles. The van der Waals surface area contributed by atoms with Gasteiger partial charge in [0.1, 0.15) is 0 Å². The molecule has 1 N–H and O–H groups in total. The lowest BCUT2D eigenvalue weighted by Gasteiger charge is -2.30. The van der Waals surface area contributed by atoms with Crippen molar-refractivity contribution in [2.24, 2.45) is 5.92 Å². The first-order valence-electron chi connectivity index (χ1n) is 6.33. The van der Waals surface area contributed by atoms with Crippen LogP contribution in [0, 0.1) is 16.4 Å². The third-order valence-electron chi connectivity index (χ3n) is 3.49. The van der Waals surface area contributed by atoms with Crippen molar-refractivity contribution in [3.63, 3.8) is 0 Å². The summed E-state index contributed by atoms with van der Waals surface area (Å²) in [6, 6.07) is 6.60. The fourth-order valence-corrected chi connectivity index (χ4v) is 3.17. The van der Waals surface area contributed by atoms with Gasteiger partial charge in [0.15, 0.2) is 0 Å². The van der Waals surface area contributed by atoms with E-state index in [-0.39, 0.29) is 0 Å². The Labute approximate surface area is 118 Å². The van der Waals surface area contributed by atoms with Gasteiger partial charge < -0.3 is 10.2 Å². The Morgan fingerprint density at radius 1 is 1.47 bits per heavy atom. The molecule has 0 spiro atoms. The standard InChI is InChI=1S/C14H21IN2/c1-11-8-13(15)5-6-14(11)16-9-12-4-3-7-17(2)10-12/h5-6,8,12,16H,3-4,7,9-10H2,1-2H3. The summed E-state index contributed by atoms with van der Waals surface area (Å²) in [5.74, 6) is 0.799. The van der Waals surface area contributed by atoms with E-state index in [9.17, 15) is 0 Å². The summed E-state index contributed by atoms with van der Waals surface area (Å²) in [4.78, 5) is 2.44. The average Bonchev–Trinajstić information content (AvgIpc) is 2.28. The van der Waals surface area contributed by atoms with Crippen LogP contribution in [0.2, 0.25) is 0 Å². The summed E-state index contributed by atoms with van der Waals surface area (Å²) in [5.41, 5.74) is 2.64. The first-order chi connectivity index (χ1) is 8.15. The molecule has 1 atom stereocenters. The Morgan fingerprint density at radius 2 is 2.29 bits per heavy atom. The van der Waals surface area contributed by atoms with E-state index >= 15 is 0 Å². The smallest absolute Gasteiger partial charge is 0.0370 e. The molecule has 2 nitrogen and oxygen atoms in total. The molecule has 0 bridgehead atoms. The van der Waals surface area contributed by atoms with Crippen LogP contribution in [-0.4, -0.2) is 31.6 Å². The van der Waals surface area contributed by atoms with Gasteiger partial charge in [-0.25, -0.2) is 0 Å². The van der Waals surface area contributed by atoms with Gasteiger partial charge in [0.2, 0.25) is 0 Å². The van der Waals surface area contributed by atoms with Crippen LogP contribution in [0.1, 0.15) is 18.4 Å². The molecule has 0 aromatic heterocycles. The minimum absolute atomic E-state index is 0.799. The lowest BCUT2D eigenvalue weighted by molar-refractivity contribution is 0.217. The molecule has 1 fully saturated rings. The number of benzene rings is 1. The molecule has 0 radical (unpaired) electrons. The molecule has 2 rings (SSSR count). The summed E-state index contributed by atoms with van der Waals surface area (Å²) in [5, 5.41) is 3.60. The molecular formula is C14H21IN2. The second-order valence-electron chi connectivity index (χ2n) is 5.11. The van der Waals surface area contributed by atoms with Gasteiger partial charge >= 0.3 is 0 Å². The van der Waals surface area contributed by atoms with Gasteiger partial charge in [0.05, 0.1) is 0 Å². The number of hydrogen-bond acceptors (Lipinski definition) is 2. The molecule has 3 heteroatoms. The van der Waals surface area contributed by atoms with Gasteiger partial charge in [-0.15, -0.1) is 0 Å². The predicted molar refractivity (Wildman–Crippen MR) is 82.6 cm³/mol. The zero-order valence-electron chi connectivity index (χ0n) is 10.7. The van der Waals surface area contributed by atoms with E-state index in [1.165, 1.54) is 40.8 Å². The number of hydrogen-bond donors (Lipinski definition) is 1. The highest BCUT2D eigenvalue weighted by Gasteiger charge is 2.16. The Balaban J connectivity index is 1.88. The quantitative estimate of drug-likeness (QED) is 0.846. The molecule has 1 unspecified atom stereocenters. The largest absolute Gasteiger partial charge is 0.385 e. The molecule has 1 aromatic rings. The maximum absolute atomic E-state index is 3.60. The molecule has 1 saturated heterocycles. The molecule has 0 aliphatic carbocycles. The molecular weight excluding hydrogens is 323 g/mol. The lowest BCUT2D eigenvalue weighted by atomic mass is 9.98. The zero-order chi connectivity index (χ0) is 12.3. The Bertz CT molecular complexity index is 378. The van der Waals surface area contributed by atoms with Crippen molar-refractivity contribution in [2.75, 3.05) is 32.0 Å². The van der Waals surface area contributed by atoms with Gasteiger partial charge in [0.25, 0.3) is 0 Å². The number of likely N-dealkylation sites (tertiary alicyclic amines) is 1.